The summed E-state index contributed by atoms with van der Waals surface area (Å²) in [6, 6.07) is 12.0. The molecule has 22 heavy (non-hydrogen) atoms. The summed E-state index contributed by atoms with van der Waals surface area (Å²) in [6.07, 6.45) is 4.45. The molecule has 0 spiro atoms. The summed E-state index contributed by atoms with van der Waals surface area (Å²) in [7, 11) is 0. The average molecular weight is 300 g/mol. The number of rotatable bonds is 6. The first-order valence-corrected chi connectivity index (χ1v) is 7.68. The van der Waals surface area contributed by atoms with E-state index in [0.29, 0.717) is 12.2 Å². The fourth-order valence-electron chi connectivity index (χ4n) is 2.70. The fourth-order valence-corrected chi connectivity index (χ4v) is 2.70. The van der Waals surface area contributed by atoms with Gasteiger partial charge in [-0.2, -0.15) is 0 Å². The molecule has 2 aromatic rings. The van der Waals surface area contributed by atoms with Crippen molar-refractivity contribution in [2.24, 2.45) is 0 Å². The van der Waals surface area contributed by atoms with E-state index in [0.717, 1.165) is 32.4 Å². The zero-order valence-electron chi connectivity index (χ0n) is 12.5. The van der Waals surface area contributed by atoms with Crippen LogP contribution in [0.4, 0.5) is 0 Å². The standard InChI is InChI=1S/C17H20N2O3/c20-17(16-9-12-22-18-16)19-10-8-15(13-19)21-11-4-7-14-5-2-1-3-6-14/h1-3,5-6,9,12,15H,4,7-8,10-11,13H2/t15-/m0/s1. The minimum atomic E-state index is -0.0795. The molecule has 0 unspecified atom stereocenters. The monoisotopic (exact) mass is 300 g/mol. The zero-order chi connectivity index (χ0) is 15.2. The second-order valence-electron chi connectivity index (χ2n) is 5.51. The summed E-state index contributed by atoms with van der Waals surface area (Å²) >= 11 is 0. The van der Waals surface area contributed by atoms with Gasteiger partial charge in [0.25, 0.3) is 5.91 Å². The van der Waals surface area contributed by atoms with Gasteiger partial charge in [0, 0.05) is 25.8 Å². The van der Waals surface area contributed by atoms with Gasteiger partial charge in [0.2, 0.25) is 0 Å². The van der Waals surface area contributed by atoms with E-state index < -0.39 is 0 Å². The van der Waals surface area contributed by atoms with Gasteiger partial charge in [-0.05, 0) is 24.8 Å². The van der Waals surface area contributed by atoms with Crippen LogP contribution in [-0.4, -0.2) is 41.8 Å². The van der Waals surface area contributed by atoms with Crippen molar-refractivity contribution < 1.29 is 14.1 Å². The first-order valence-electron chi connectivity index (χ1n) is 7.68. The second-order valence-corrected chi connectivity index (χ2v) is 5.51. The van der Waals surface area contributed by atoms with Crippen molar-refractivity contribution in [3.63, 3.8) is 0 Å². The number of amides is 1. The van der Waals surface area contributed by atoms with Crippen LogP contribution in [0.2, 0.25) is 0 Å². The first-order chi connectivity index (χ1) is 10.8. The van der Waals surface area contributed by atoms with Gasteiger partial charge in [0.05, 0.1) is 6.10 Å². The molecule has 1 aliphatic heterocycles. The first kappa shape index (κ1) is 14.8. The molecule has 0 radical (unpaired) electrons. The van der Waals surface area contributed by atoms with Gasteiger partial charge in [0.1, 0.15) is 6.26 Å². The molecule has 1 amide bonds. The van der Waals surface area contributed by atoms with E-state index in [4.69, 9.17) is 9.26 Å². The van der Waals surface area contributed by atoms with E-state index in [1.165, 1.54) is 11.8 Å². The third-order valence-corrected chi connectivity index (χ3v) is 3.90. The Bertz CT molecular complexity index is 583. The Morgan fingerprint density at radius 2 is 2.18 bits per heavy atom. The number of hydrogen-bond donors (Lipinski definition) is 0. The molecule has 116 valence electrons. The largest absolute Gasteiger partial charge is 0.376 e. The van der Waals surface area contributed by atoms with Crippen molar-refractivity contribution >= 4 is 5.91 Å². The molecule has 3 rings (SSSR count). The number of carbonyl (C=O) groups excluding carboxylic acids is 1. The molecule has 0 bridgehead atoms. The van der Waals surface area contributed by atoms with Gasteiger partial charge in [0.15, 0.2) is 5.69 Å². The number of aryl methyl sites for hydroxylation is 1. The molecule has 5 nitrogen and oxygen atoms in total. The lowest BCUT2D eigenvalue weighted by Crippen LogP contribution is -2.30. The minimum absolute atomic E-state index is 0.0795. The lowest BCUT2D eigenvalue weighted by molar-refractivity contribution is 0.0521. The van der Waals surface area contributed by atoms with Crippen molar-refractivity contribution in [2.45, 2.75) is 25.4 Å². The Morgan fingerprint density at radius 3 is 2.95 bits per heavy atom. The van der Waals surface area contributed by atoms with Crippen LogP contribution in [-0.2, 0) is 11.2 Å². The highest BCUT2D eigenvalue weighted by Crippen LogP contribution is 2.16. The van der Waals surface area contributed by atoms with E-state index in [1.807, 2.05) is 6.07 Å². The number of benzene rings is 1. The summed E-state index contributed by atoms with van der Waals surface area (Å²) in [5.41, 5.74) is 1.70. The minimum Gasteiger partial charge on any atom is -0.376 e. The molecule has 1 saturated heterocycles. The lowest BCUT2D eigenvalue weighted by atomic mass is 10.1. The normalized spacial score (nSPS) is 17.8. The lowest BCUT2D eigenvalue weighted by Gasteiger charge is -2.15. The van der Waals surface area contributed by atoms with E-state index in [2.05, 4.69) is 29.4 Å². The SMILES string of the molecule is O=C(c1ccon1)N1CC[C@H](OCCCc2ccccc2)C1. The number of ether oxygens (including phenoxy) is 1. The Kier molecular flexibility index (Phi) is 4.85. The highest BCUT2D eigenvalue weighted by molar-refractivity contribution is 5.92. The van der Waals surface area contributed by atoms with Crippen LogP contribution in [0, 0.1) is 0 Å². The highest BCUT2D eigenvalue weighted by Gasteiger charge is 2.28. The van der Waals surface area contributed by atoms with Crippen molar-refractivity contribution in [2.75, 3.05) is 19.7 Å². The summed E-state index contributed by atoms with van der Waals surface area (Å²) in [6.45, 7) is 2.08. The predicted molar refractivity (Wildman–Crippen MR) is 81.5 cm³/mol. The maximum atomic E-state index is 12.1. The van der Waals surface area contributed by atoms with Crippen molar-refractivity contribution in [3.05, 3.63) is 53.9 Å². The molecule has 1 aliphatic rings. The zero-order valence-corrected chi connectivity index (χ0v) is 12.5. The molecule has 1 aromatic heterocycles. The smallest absolute Gasteiger partial charge is 0.276 e. The van der Waals surface area contributed by atoms with Crippen molar-refractivity contribution in [1.82, 2.24) is 10.1 Å². The molecular formula is C17H20N2O3. The van der Waals surface area contributed by atoms with Gasteiger partial charge in [-0.3, -0.25) is 4.79 Å². The fraction of sp³-hybridized carbons (Fsp3) is 0.412. The molecule has 1 aromatic carbocycles. The topological polar surface area (TPSA) is 55.6 Å². The van der Waals surface area contributed by atoms with Crippen LogP contribution in [0.3, 0.4) is 0 Å². The maximum absolute atomic E-state index is 12.1. The molecule has 1 atom stereocenters. The molecule has 0 aliphatic carbocycles. The Hall–Kier alpha value is -2.14. The van der Waals surface area contributed by atoms with E-state index in [-0.39, 0.29) is 12.0 Å². The van der Waals surface area contributed by atoms with Crippen molar-refractivity contribution in [1.29, 1.82) is 0 Å². The van der Waals surface area contributed by atoms with Gasteiger partial charge < -0.3 is 14.2 Å². The Morgan fingerprint density at radius 1 is 1.32 bits per heavy atom. The Balaban J connectivity index is 1.37. The summed E-state index contributed by atoms with van der Waals surface area (Å²) in [5.74, 6) is -0.0795. The number of hydrogen-bond acceptors (Lipinski definition) is 4. The highest BCUT2D eigenvalue weighted by atomic mass is 16.5. The summed E-state index contributed by atoms with van der Waals surface area (Å²) in [5, 5.41) is 3.69. The van der Waals surface area contributed by atoms with Crippen molar-refractivity contribution in [3.8, 4) is 0 Å². The third kappa shape index (κ3) is 3.74. The summed E-state index contributed by atoms with van der Waals surface area (Å²) in [4.78, 5) is 13.9. The van der Waals surface area contributed by atoms with Crippen LogP contribution in [0.25, 0.3) is 0 Å². The average Bonchev–Trinajstić information content (AvgIpc) is 3.24. The van der Waals surface area contributed by atoms with E-state index >= 15 is 0 Å². The molecule has 0 saturated carbocycles. The Labute approximate surface area is 129 Å². The molecular weight excluding hydrogens is 280 g/mol. The van der Waals surface area contributed by atoms with E-state index in [9.17, 15) is 4.79 Å². The molecule has 5 heteroatoms. The number of likely N-dealkylation sites (tertiary alicyclic amines) is 1. The second kappa shape index (κ2) is 7.22. The van der Waals surface area contributed by atoms with Crippen LogP contribution in [0.15, 0.2) is 47.2 Å². The van der Waals surface area contributed by atoms with Gasteiger partial charge >= 0.3 is 0 Å². The van der Waals surface area contributed by atoms with Crippen LogP contribution >= 0.6 is 0 Å². The van der Waals surface area contributed by atoms with E-state index in [1.54, 1.807) is 11.0 Å². The van der Waals surface area contributed by atoms with Crippen LogP contribution in [0.1, 0.15) is 28.9 Å². The number of aromatic nitrogens is 1. The quantitative estimate of drug-likeness (QED) is 0.769. The van der Waals surface area contributed by atoms with Crippen LogP contribution < -0.4 is 0 Å². The van der Waals surface area contributed by atoms with Gasteiger partial charge in [-0.25, -0.2) is 0 Å². The predicted octanol–water partition coefficient (Wildman–Crippen LogP) is 2.54. The third-order valence-electron chi connectivity index (χ3n) is 3.90. The number of carbonyl (C=O) groups is 1. The van der Waals surface area contributed by atoms with Crippen LogP contribution in [0.5, 0.6) is 0 Å². The number of nitrogens with zero attached hydrogens (tertiary/aromatic N) is 2. The molecule has 1 fully saturated rings. The summed E-state index contributed by atoms with van der Waals surface area (Å²) < 4.78 is 10.6. The maximum Gasteiger partial charge on any atom is 0.276 e. The molecule has 0 N–H and O–H groups in total. The van der Waals surface area contributed by atoms with Gasteiger partial charge in [-0.1, -0.05) is 35.5 Å². The molecule has 2 heterocycles. The van der Waals surface area contributed by atoms with Gasteiger partial charge in [-0.15, -0.1) is 0 Å².